The molecule has 6 heteroatoms. The summed E-state index contributed by atoms with van der Waals surface area (Å²) in [7, 11) is 0. The van der Waals surface area contributed by atoms with Crippen LogP contribution in [0.4, 0.5) is 5.82 Å². The minimum absolute atomic E-state index is 0.0679. The van der Waals surface area contributed by atoms with Gasteiger partial charge in [0.1, 0.15) is 23.0 Å². The fourth-order valence-electron chi connectivity index (χ4n) is 3.20. The molecule has 24 heavy (non-hydrogen) atoms. The van der Waals surface area contributed by atoms with Crippen molar-refractivity contribution < 1.29 is 4.79 Å². The molecule has 3 heterocycles. The van der Waals surface area contributed by atoms with Crippen molar-refractivity contribution in [1.29, 1.82) is 0 Å². The molecular weight excluding hydrogens is 320 g/mol. The third kappa shape index (κ3) is 2.85. The van der Waals surface area contributed by atoms with Crippen LogP contribution in [0.5, 0.6) is 0 Å². The maximum atomic E-state index is 12.7. The number of amides is 1. The van der Waals surface area contributed by atoms with E-state index in [9.17, 15) is 4.79 Å². The first-order valence-corrected chi connectivity index (χ1v) is 8.97. The third-order valence-electron chi connectivity index (χ3n) is 4.38. The van der Waals surface area contributed by atoms with Gasteiger partial charge in [0.05, 0.1) is 5.39 Å². The van der Waals surface area contributed by atoms with Gasteiger partial charge in [0, 0.05) is 13.1 Å². The van der Waals surface area contributed by atoms with Gasteiger partial charge in [-0.2, -0.15) is 0 Å². The Morgan fingerprint density at radius 2 is 2.12 bits per heavy atom. The fourth-order valence-corrected chi connectivity index (χ4v) is 3.93. The quantitative estimate of drug-likeness (QED) is 0.794. The van der Waals surface area contributed by atoms with Gasteiger partial charge in [-0.25, -0.2) is 9.97 Å². The van der Waals surface area contributed by atoms with Gasteiger partial charge in [0.25, 0.3) is 0 Å². The first kappa shape index (κ1) is 15.1. The van der Waals surface area contributed by atoms with Gasteiger partial charge in [-0.05, 0) is 29.9 Å². The van der Waals surface area contributed by atoms with Gasteiger partial charge >= 0.3 is 0 Å². The van der Waals surface area contributed by atoms with E-state index in [2.05, 4.69) is 20.2 Å². The van der Waals surface area contributed by atoms with Crippen LogP contribution in [-0.4, -0.2) is 28.5 Å². The molecule has 0 spiro atoms. The van der Waals surface area contributed by atoms with E-state index in [1.807, 2.05) is 41.8 Å². The summed E-state index contributed by atoms with van der Waals surface area (Å²) >= 11 is 1.60. The molecule has 0 aliphatic carbocycles. The molecule has 122 valence electrons. The first-order chi connectivity index (χ1) is 11.8. The highest BCUT2D eigenvalue weighted by Gasteiger charge is 2.32. The van der Waals surface area contributed by atoms with Crippen molar-refractivity contribution in [1.82, 2.24) is 15.3 Å². The highest BCUT2D eigenvalue weighted by atomic mass is 32.1. The van der Waals surface area contributed by atoms with Gasteiger partial charge in [-0.3, -0.25) is 4.79 Å². The highest BCUT2D eigenvalue weighted by molar-refractivity contribution is 7.16. The minimum atomic E-state index is -0.160. The number of nitrogens with zero attached hydrogens (tertiary/aromatic N) is 3. The van der Waals surface area contributed by atoms with Crippen LogP contribution in [0.1, 0.15) is 18.4 Å². The van der Waals surface area contributed by atoms with Crippen molar-refractivity contribution in [2.75, 3.05) is 11.4 Å². The Labute approximate surface area is 144 Å². The Hall–Kier alpha value is -2.47. The summed E-state index contributed by atoms with van der Waals surface area (Å²) in [4.78, 5) is 24.5. The van der Waals surface area contributed by atoms with Gasteiger partial charge in [0.2, 0.25) is 5.91 Å². The van der Waals surface area contributed by atoms with Crippen LogP contribution >= 0.6 is 11.3 Å². The molecule has 1 amide bonds. The molecule has 1 N–H and O–H groups in total. The maximum Gasteiger partial charge on any atom is 0.243 e. The molecule has 1 aliphatic rings. The summed E-state index contributed by atoms with van der Waals surface area (Å²) in [5, 5.41) is 6.11. The Morgan fingerprint density at radius 3 is 3.00 bits per heavy atom. The second-order valence-corrected chi connectivity index (χ2v) is 6.79. The highest BCUT2D eigenvalue weighted by Crippen LogP contribution is 2.31. The van der Waals surface area contributed by atoms with Crippen molar-refractivity contribution >= 4 is 33.3 Å². The van der Waals surface area contributed by atoms with Crippen LogP contribution in [0.2, 0.25) is 0 Å². The molecule has 0 bridgehead atoms. The first-order valence-electron chi connectivity index (χ1n) is 8.09. The summed E-state index contributed by atoms with van der Waals surface area (Å²) in [5.41, 5.74) is 1.11. The topological polar surface area (TPSA) is 58.1 Å². The standard InChI is InChI=1S/C18H18N4OS/c23-17(19-11-13-5-2-1-3-6-13)15-7-4-9-22(15)16-14-8-10-24-18(14)21-12-20-16/h1-3,5-6,8,10,12,15H,4,7,9,11H2,(H,19,23). The zero-order chi connectivity index (χ0) is 16.4. The molecule has 1 saturated heterocycles. The van der Waals surface area contributed by atoms with E-state index < -0.39 is 0 Å². The molecule has 4 rings (SSSR count). The summed E-state index contributed by atoms with van der Waals surface area (Å²) in [5.74, 6) is 0.942. The number of rotatable bonds is 4. The number of carbonyl (C=O) groups is 1. The molecule has 0 saturated carbocycles. The number of anilines is 1. The van der Waals surface area contributed by atoms with Gasteiger partial charge in [-0.15, -0.1) is 11.3 Å². The van der Waals surface area contributed by atoms with E-state index in [0.717, 1.165) is 41.0 Å². The monoisotopic (exact) mass is 338 g/mol. The lowest BCUT2D eigenvalue weighted by molar-refractivity contribution is -0.122. The van der Waals surface area contributed by atoms with Gasteiger partial charge in [0.15, 0.2) is 0 Å². The van der Waals surface area contributed by atoms with Crippen LogP contribution in [-0.2, 0) is 11.3 Å². The van der Waals surface area contributed by atoms with E-state index in [1.54, 1.807) is 17.7 Å². The van der Waals surface area contributed by atoms with Crippen LogP contribution in [0.3, 0.4) is 0 Å². The molecule has 3 aromatic rings. The second-order valence-electron chi connectivity index (χ2n) is 5.89. The number of fused-ring (bicyclic) bond motifs is 1. The molecule has 1 atom stereocenters. The van der Waals surface area contributed by atoms with Crippen LogP contribution in [0, 0.1) is 0 Å². The second kappa shape index (κ2) is 6.57. The van der Waals surface area contributed by atoms with E-state index in [0.29, 0.717) is 6.54 Å². The molecule has 5 nitrogen and oxygen atoms in total. The molecular formula is C18H18N4OS. The van der Waals surface area contributed by atoms with E-state index in [1.165, 1.54) is 0 Å². The van der Waals surface area contributed by atoms with Crippen molar-refractivity contribution in [3.63, 3.8) is 0 Å². The number of hydrogen-bond acceptors (Lipinski definition) is 5. The molecule has 1 aliphatic heterocycles. The van der Waals surface area contributed by atoms with Crippen molar-refractivity contribution in [3.05, 3.63) is 53.7 Å². The lowest BCUT2D eigenvalue weighted by Gasteiger charge is -2.25. The fraction of sp³-hybridized carbons (Fsp3) is 0.278. The number of benzene rings is 1. The molecule has 1 fully saturated rings. The van der Waals surface area contributed by atoms with E-state index >= 15 is 0 Å². The van der Waals surface area contributed by atoms with Crippen LogP contribution < -0.4 is 10.2 Å². The van der Waals surface area contributed by atoms with Crippen molar-refractivity contribution in [3.8, 4) is 0 Å². The average molecular weight is 338 g/mol. The third-order valence-corrected chi connectivity index (χ3v) is 5.20. The normalized spacial score (nSPS) is 17.3. The number of hydrogen-bond donors (Lipinski definition) is 1. The minimum Gasteiger partial charge on any atom is -0.350 e. The lowest BCUT2D eigenvalue weighted by Crippen LogP contribution is -2.43. The predicted molar refractivity (Wildman–Crippen MR) is 96.1 cm³/mol. The number of aromatic nitrogens is 2. The van der Waals surface area contributed by atoms with Gasteiger partial charge < -0.3 is 10.2 Å². The van der Waals surface area contributed by atoms with Crippen LogP contribution in [0.25, 0.3) is 10.2 Å². The number of carbonyl (C=O) groups excluding carboxylic acids is 1. The van der Waals surface area contributed by atoms with Gasteiger partial charge in [-0.1, -0.05) is 30.3 Å². The Kier molecular flexibility index (Phi) is 4.13. The zero-order valence-electron chi connectivity index (χ0n) is 13.2. The summed E-state index contributed by atoms with van der Waals surface area (Å²) < 4.78 is 0. The summed E-state index contributed by atoms with van der Waals surface area (Å²) in [6.45, 7) is 1.41. The molecule has 0 radical (unpaired) electrons. The average Bonchev–Trinajstić information content (AvgIpc) is 3.29. The predicted octanol–water partition coefficient (Wildman–Crippen LogP) is 2.98. The van der Waals surface area contributed by atoms with E-state index in [-0.39, 0.29) is 11.9 Å². The summed E-state index contributed by atoms with van der Waals surface area (Å²) in [6, 6.07) is 11.9. The smallest absolute Gasteiger partial charge is 0.243 e. The maximum absolute atomic E-state index is 12.7. The zero-order valence-corrected chi connectivity index (χ0v) is 14.0. The molecule has 1 aromatic carbocycles. The van der Waals surface area contributed by atoms with Crippen molar-refractivity contribution in [2.45, 2.75) is 25.4 Å². The van der Waals surface area contributed by atoms with Crippen LogP contribution in [0.15, 0.2) is 48.1 Å². The van der Waals surface area contributed by atoms with E-state index in [4.69, 9.17) is 0 Å². The lowest BCUT2D eigenvalue weighted by atomic mass is 10.2. The molecule has 2 aromatic heterocycles. The SMILES string of the molecule is O=C(NCc1ccccc1)C1CCCN1c1ncnc2sccc12. The van der Waals surface area contributed by atoms with Crippen molar-refractivity contribution in [2.24, 2.45) is 0 Å². The molecule has 1 unspecified atom stereocenters. The summed E-state index contributed by atoms with van der Waals surface area (Å²) in [6.07, 6.45) is 3.45. The Morgan fingerprint density at radius 1 is 1.25 bits per heavy atom. The Balaban J connectivity index is 1.52. The number of nitrogens with one attached hydrogen (secondary N) is 1. The largest absolute Gasteiger partial charge is 0.350 e. The number of thiophene rings is 1. The Bertz CT molecular complexity index is 848.